The van der Waals surface area contributed by atoms with Crippen molar-refractivity contribution in [2.45, 2.75) is 26.1 Å². The molecule has 0 bridgehead atoms. The molecule has 1 aliphatic rings. The molecule has 1 aromatic rings. The van der Waals surface area contributed by atoms with Gasteiger partial charge in [-0.1, -0.05) is 0 Å². The van der Waals surface area contributed by atoms with Crippen LogP contribution in [0.5, 0.6) is 0 Å². The van der Waals surface area contributed by atoms with Crippen molar-refractivity contribution in [3.8, 4) is 0 Å². The molecular weight excluding hydrogens is 204 g/mol. The molecule has 1 fully saturated rings. The van der Waals surface area contributed by atoms with Gasteiger partial charge in [-0.25, -0.2) is 4.98 Å². The van der Waals surface area contributed by atoms with Crippen LogP contribution >= 0.6 is 0 Å². The van der Waals surface area contributed by atoms with Crippen molar-refractivity contribution in [2.24, 2.45) is 5.84 Å². The van der Waals surface area contributed by atoms with E-state index in [0.29, 0.717) is 0 Å². The number of morpholine rings is 1. The molecule has 2 unspecified atom stereocenters. The number of anilines is 2. The fourth-order valence-electron chi connectivity index (χ4n) is 2.02. The third-order valence-electron chi connectivity index (χ3n) is 2.66. The summed E-state index contributed by atoms with van der Waals surface area (Å²) >= 11 is 0. The van der Waals surface area contributed by atoms with E-state index < -0.39 is 0 Å². The summed E-state index contributed by atoms with van der Waals surface area (Å²) < 4.78 is 5.68. The first-order valence-electron chi connectivity index (χ1n) is 5.52. The van der Waals surface area contributed by atoms with Gasteiger partial charge in [0.2, 0.25) is 0 Å². The number of hydrogen-bond acceptors (Lipinski definition) is 5. The van der Waals surface area contributed by atoms with Gasteiger partial charge in [-0.05, 0) is 26.0 Å². The summed E-state index contributed by atoms with van der Waals surface area (Å²) in [6.07, 6.45) is 2.23. The summed E-state index contributed by atoms with van der Waals surface area (Å²) in [4.78, 5) is 6.61. The van der Waals surface area contributed by atoms with Gasteiger partial charge < -0.3 is 15.1 Å². The Morgan fingerprint density at radius 2 is 2.06 bits per heavy atom. The van der Waals surface area contributed by atoms with Crippen LogP contribution in [-0.4, -0.2) is 30.3 Å². The van der Waals surface area contributed by atoms with E-state index >= 15 is 0 Å². The highest BCUT2D eigenvalue weighted by Gasteiger charge is 2.22. The van der Waals surface area contributed by atoms with Crippen LogP contribution in [-0.2, 0) is 4.74 Å². The lowest BCUT2D eigenvalue weighted by Crippen LogP contribution is -2.45. The first-order chi connectivity index (χ1) is 7.69. The summed E-state index contributed by atoms with van der Waals surface area (Å²) in [7, 11) is 0. The van der Waals surface area contributed by atoms with Gasteiger partial charge in [0.1, 0.15) is 5.82 Å². The first kappa shape index (κ1) is 11.2. The Morgan fingerprint density at radius 3 is 2.56 bits per heavy atom. The molecule has 16 heavy (non-hydrogen) atoms. The van der Waals surface area contributed by atoms with Crippen molar-refractivity contribution in [3.05, 3.63) is 18.3 Å². The van der Waals surface area contributed by atoms with Crippen molar-refractivity contribution >= 4 is 11.5 Å². The quantitative estimate of drug-likeness (QED) is 0.577. The molecular formula is C11H18N4O. The maximum atomic E-state index is 5.68. The minimum absolute atomic E-state index is 0.248. The molecule has 1 saturated heterocycles. The highest BCUT2D eigenvalue weighted by Crippen LogP contribution is 2.19. The van der Waals surface area contributed by atoms with Crippen LogP contribution in [0.3, 0.4) is 0 Å². The molecule has 0 amide bonds. The lowest BCUT2D eigenvalue weighted by atomic mass is 10.2. The lowest BCUT2D eigenvalue weighted by Gasteiger charge is -2.36. The number of rotatable bonds is 2. The van der Waals surface area contributed by atoms with Crippen molar-refractivity contribution < 1.29 is 4.74 Å². The largest absolute Gasteiger partial charge is 0.372 e. The molecule has 0 spiro atoms. The molecule has 5 heteroatoms. The summed E-state index contributed by atoms with van der Waals surface area (Å²) in [5.74, 6) is 6.27. The van der Waals surface area contributed by atoms with E-state index in [1.54, 1.807) is 6.20 Å². The zero-order valence-corrected chi connectivity index (χ0v) is 9.68. The van der Waals surface area contributed by atoms with Gasteiger partial charge in [0, 0.05) is 13.1 Å². The zero-order chi connectivity index (χ0) is 11.5. The molecule has 0 aromatic carbocycles. The van der Waals surface area contributed by atoms with Crippen LogP contribution < -0.4 is 16.2 Å². The Labute approximate surface area is 95.6 Å². The van der Waals surface area contributed by atoms with Crippen LogP contribution in [0.4, 0.5) is 11.5 Å². The Morgan fingerprint density at radius 1 is 1.38 bits per heavy atom. The van der Waals surface area contributed by atoms with E-state index in [9.17, 15) is 0 Å². The normalized spacial score (nSPS) is 25.6. The maximum absolute atomic E-state index is 5.68. The minimum Gasteiger partial charge on any atom is -0.372 e. The molecule has 0 radical (unpaired) electrons. The SMILES string of the molecule is CC1CN(c2ccc(NN)cn2)CC(C)O1. The zero-order valence-electron chi connectivity index (χ0n) is 9.68. The van der Waals surface area contributed by atoms with Crippen LogP contribution in [0.2, 0.25) is 0 Å². The smallest absolute Gasteiger partial charge is 0.128 e. The van der Waals surface area contributed by atoms with Gasteiger partial charge in [-0.15, -0.1) is 0 Å². The lowest BCUT2D eigenvalue weighted by molar-refractivity contribution is -0.00545. The number of nitrogens with two attached hydrogens (primary N) is 1. The van der Waals surface area contributed by atoms with E-state index in [2.05, 4.69) is 29.2 Å². The summed E-state index contributed by atoms with van der Waals surface area (Å²) in [5, 5.41) is 0. The van der Waals surface area contributed by atoms with Crippen LogP contribution in [0.25, 0.3) is 0 Å². The van der Waals surface area contributed by atoms with E-state index in [1.807, 2.05) is 12.1 Å². The molecule has 2 heterocycles. The first-order valence-corrected chi connectivity index (χ1v) is 5.52. The number of nitrogens with zero attached hydrogens (tertiary/aromatic N) is 2. The van der Waals surface area contributed by atoms with Crippen LogP contribution in [0, 0.1) is 0 Å². The second-order valence-electron chi connectivity index (χ2n) is 4.21. The van der Waals surface area contributed by atoms with E-state index in [-0.39, 0.29) is 12.2 Å². The number of ether oxygens (including phenoxy) is 1. The number of hydrogen-bond donors (Lipinski definition) is 2. The van der Waals surface area contributed by atoms with E-state index in [0.717, 1.165) is 24.6 Å². The molecule has 0 saturated carbocycles. The number of aromatic nitrogens is 1. The second-order valence-corrected chi connectivity index (χ2v) is 4.21. The number of nitrogen functional groups attached to an aromatic ring is 1. The summed E-state index contributed by atoms with van der Waals surface area (Å²) in [6.45, 7) is 5.93. The van der Waals surface area contributed by atoms with Gasteiger partial charge in [-0.2, -0.15) is 0 Å². The number of pyridine rings is 1. The predicted molar refractivity (Wildman–Crippen MR) is 64.3 cm³/mol. The van der Waals surface area contributed by atoms with Gasteiger partial charge >= 0.3 is 0 Å². The van der Waals surface area contributed by atoms with Crippen molar-refractivity contribution in [3.63, 3.8) is 0 Å². The van der Waals surface area contributed by atoms with Gasteiger partial charge in [-0.3, -0.25) is 5.84 Å². The third kappa shape index (κ3) is 2.43. The van der Waals surface area contributed by atoms with E-state index in [4.69, 9.17) is 10.6 Å². The van der Waals surface area contributed by atoms with Crippen molar-refractivity contribution in [1.82, 2.24) is 4.98 Å². The topological polar surface area (TPSA) is 63.4 Å². The fraction of sp³-hybridized carbons (Fsp3) is 0.545. The molecule has 0 aliphatic carbocycles. The fourth-order valence-corrected chi connectivity index (χ4v) is 2.02. The number of hydrazine groups is 1. The molecule has 5 nitrogen and oxygen atoms in total. The summed E-state index contributed by atoms with van der Waals surface area (Å²) in [6, 6.07) is 3.90. The van der Waals surface area contributed by atoms with Gasteiger partial charge in [0.15, 0.2) is 0 Å². The minimum atomic E-state index is 0.248. The molecule has 2 rings (SSSR count). The Bertz CT molecular complexity index is 330. The Hall–Kier alpha value is -1.33. The predicted octanol–water partition coefficient (Wildman–Crippen LogP) is 0.981. The molecule has 3 N–H and O–H groups in total. The molecule has 1 aliphatic heterocycles. The Kier molecular flexibility index (Phi) is 3.26. The number of nitrogens with one attached hydrogen (secondary N) is 1. The molecule has 1 aromatic heterocycles. The van der Waals surface area contributed by atoms with Crippen molar-refractivity contribution in [1.29, 1.82) is 0 Å². The van der Waals surface area contributed by atoms with Gasteiger partial charge in [0.25, 0.3) is 0 Å². The Balaban J connectivity index is 2.10. The average Bonchev–Trinajstić information content (AvgIpc) is 2.28. The van der Waals surface area contributed by atoms with Crippen molar-refractivity contribution in [2.75, 3.05) is 23.4 Å². The van der Waals surface area contributed by atoms with Crippen LogP contribution in [0.15, 0.2) is 18.3 Å². The molecule has 88 valence electrons. The average molecular weight is 222 g/mol. The second kappa shape index (κ2) is 4.67. The molecule has 2 atom stereocenters. The van der Waals surface area contributed by atoms with Gasteiger partial charge in [0.05, 0.1) is 24.1 Å². The highest BCUT2D eigenvalue weighted by molar-refractivity contribution is 5.48. The van der Waals surface area contributed by atoms with E-state index in [1.165, 1.54) is 0 Å². The standard InChI is InChI=1S/C11H18N4O/c1-8-6-15(7-9(2)16-8)11-4-3-10(14-12)5-13-11/h3-5,8-9,14H,6-7,12H2,1-2H3. The van der Waals surface area contributed by atoms with Crippen LogP contribution in [0.1, 0.15) is 13.8 Å². The monoisotopic (exact) mass is 222 g/mol. The maximum Gasteiger partial charge on any atom is 0.128 e. The highest BCUT2D eigenvalue weighted by atomic mass is 16.5. The summed E-state index contributed by atoms with van der Waals surface area (Å²) in [5.41, 5.74) is 3.39. The third-order valence-corrected chi connectivity index (χ3v) is 2.66.